The smallest absolute Gasteiger partial charge is 0.406 e. The predicted octanol–water partition coefficient (Wildman–Crippen LogP) is 2.19. The van der Waals surface area contributed by atoms with Crippen molar-refractivity contribution in [3.8, 4) is 5.75 Å². The lowest BCUT2D eigenvalue weighted by Gasteiger charge is -2.23. The third-order valence-corrected chi connectivity index (χ3v) is 3.09. The molecule has 1 aromatic rings. The topological polar surface area (TPSA) is 37.5 Å². The largest absolute Gasteiger partial charge is 0.573 e. The summed E-state index contributed by atoms with van der Waals surface area (Å²) >= 11 is 0. The Kier molecular flexibility index (Phi) is 3.47. The zero-order valence-corrected chi connectivity index (χ0v) is 10.6. The second-order valence-corrected chi connectivity index (χ2v) is 4.86. The van der Waals surface area contributed by atoms with E-state index in [1.165, 1.54) is 12.1 Å². The van der Waals surface area contributed by atoms with Gasteiger partial charge in [-0.15, -0.1) is 13.2 Å². The standard InChI is InChI=1S/C13H14F3NO3/c14-13(15,16)20-10-3-1-9(2-4-10)17(5-11-7-18-11)6-12-8-19-12/h1-4,11-12H,5-8H2. The molecule has 2 heterocycles. The molecule has 2 atom stereocenters. The van der Waals surface area contributed by atoms with E-state index in [-0.39, 0.29) is 18.0 Å². The van der Waals surface area contributed by atoms with E-state index >= 15 is 0 Å². The third kappa shape index (κ3) is 4.01. The van der Waals surface area contributed by atoms with E-state index in [0.717, 1.165) is 32.0 Å². The molecule has 2 fully saturated rings. The molecular weight excluding hydrogens is 275 g/mol. The van der Waals surface area contributed by atoms with Gasteiger partial charge in [-0.3, -0.25) is 0 Å². The molecule has 2 unspecified atom stereocenters. The molecule has 2 aliphatic rings. The van der Waals surface area contributed by atoms with Crippen LogP contribution in [-0.4, -0.2) is 44.9 Å². The van der Waals surface area contributed by atoms with Crippen molar-refractivity contribution in [2.45, 2.75) is 18.6 Å². The molecule has 0 aliphatic carbocycles. The number of ether oxygens (including phenoxy) is 3. The lowest BCUT2D eigenvalue weighted by molar-refractivity contribution is -0.274. The van der Waals surface area contributed by atoms with Gasteiger partial charge in [0.15, 0.2) is 0 Å². The van der Waals surface area contributed by atoms with Crippen molar-refractivity contribution in [3.05, 3.63) is 24.3 Å². The Morgan fingerprint density at radius 2 is 1.55 bits per heavy atom. The number of alkyl halides is 3. The van der Waals surface area contributed by atoms with Crippen LogP contribution in [0.2, 0.25) is 0 Å². The Hall–Kier alpha value is -1.47. The van der Waals surface area contributed by atoms with Gasteiger partial charge in [-0.05, 0) is 24.3 Å². The van der Waals surface area contributed by atoms with Crippen molar-refractivity contribution in [2.24, 2.45) is 0 Å². The fourth-order valence-corrected chi connectivity index (χ4v) is 1.98. The molecule has 2 aliphatic heterocycles. The van der Waals surface area contributed by atoms with Crippen molar-refractivity contribution in [3.63, 3.8) is 0 Å². The van der Waals surface area contributed by atoms with Crippen LogP contribution in [0, 0.1) is 0 Å². The van der Waals surface area contributed by atoms with Crippen LogP contribution in [0.25, 0.3) is 0 Å². The zero-order valence-electron chi connectivity index (χ0n) is 10.6. The highest BCUT2D eigenvalue weighted by Crippen LogP contribution is 2.27. The van der Waals surface area contributed by atoms with Gasteiger partial charge in [0.2, 0.25) is 0 Å². The van der Waals surface area contributed by atoms with Crippen LogP contribution in [0.1, 0.15) is 0 Å². The molecule has 4 nitrogen and oxygen atoms in total. The second-order valence-electron chi connectivity index (χ2n) is 4.86. The van der Waals surface area contributed by atoms with Gasteiger partial charge in [0.25, 0.3) is 0 Å². The summed E-state index contributed by atoms with van der Waals surface area (Å²) in [6, 6.07) is 5.87. The number of nitrogens with zero attached hydrogens (tertiary/aromatic N) is 1. The summed E-state index contributed by atoms with van der Waals surface area (Å²) < 4.78 is 50.5. The Balaban J connectivity index is 1.66. The number of hydrogen-bond acceptors (Lipinski definition) is 4. The Morgan fingerprint density at radius 1 is 1.05 bits per heavy atom. The van der Waals surface area contributed by atoms with Crippen molar-refractivity contribution in [1.29, 1.82) is 0 Å². The lowest BCUT2D eigenvalue weighted by atomic mass is 10.2. The average Bonchev–Trinajstić information content (AvgIpc) is 3.22. The maximum absolute atomic E-state index is 12.1. The van der Waals surface area contributed by atoms with Gasteiger partial charge in [-0.2, -0.15) is 0 Å². The normalized spacial score (nSPS) is 24.4. The van der Waals surface area contributed by atoms with Gasteiger partial charge in [-0.25, -0.2) is 0 Å². The minimum Gasteiger partial charge on any atom is -0.406 e. The monoisotopic (exact) mass is 289 g/mol. The highest BCUT2D eigenvalue weighted by Gasteiger charge is 2.32. The first-order chi connectivity index (χ1) is 9.49. The molecule has 20 heavy (non-hydrogen) atoms. The lowest BCUT2D eigenvalue weighted by Crippen LogP contribution is -2.31. The summed E-state index contributed by atoms with van der Waals surface area (Å²) in [6.45, 7) is 2.91. The summed E-state index contributed by atoms with van der Waals surface area (Å²) in [5.41, 5.74) is 0.838. The van der Waals surface area contributed by atoms with Crippen molar-refractivity contribution in [1.82, 2.24) is 0 Å². The molecule has 0 saturated carbocycles. The number of hydrogen-bond donors (Lipinski definition) is 0. The van der Waals surface area contributed by atoms with Gasteiger partial charge in [0.1, 0.15) is 5.75 Å². The molecule has 2 saturated heterocycles. The van der Waals surface area contributed by atoms with E-state index in [4.69, 9.17) is 9.47 Å². The van der Waals surface area contributed by atoms with E-state index in [1.807, 2.05) is 0 Å². The summed E-state index contributed by atoms with van der Waals surface area (Å²) in [7, 11) is 0. The van der Waals surface area contributed by atoms with Gasteiger partial charge < -0.3 is 19.1 Å². The molecule has 0 amide bonds. The molecule has 3 rings (SSSR count). The second kappa shape index (κ2) is 5.14. The van der Waals surface area contributed by atoms with Gasteiger partial charge in [0, 0.05) is 18.8 Å². The minimum absolute atomic E-state index is 0.208. The number of epoxide rings is 2. The molecular formula is C13H14F3NO3. The zero-order chi connectivity index (χ0) is 14.2. The van der Waals surface area contributed by atoms with Crippen molar-refractivity contribution in [2.75, 3.05) is 31.2 Å². The first-order valence-corrected chi connectivity index (χ1v) is 6.33. The SMILES string of the molecule is FC(F)(F)Oc1ccc(N(CC2CO2)CC2CO2)cc1. The van der Waals surface area contributed by atoms with Crippen LogP contribution < -0.4 is 9.64 Å². The fourth-order valence-electron chi connectivity index (χ4n) is 1.98. The van der Waals surface area contributed by atoms with Crippen molar-refractivity contribution >= 4 is 5.69 Å². The number of benzene rings is 1. The Morgan fingerprint density at radius 3 is 1.95 bits per heavy atom. The minimum atomic E-state index is -4.66. The predicted molar refractivity (Wildman–Crippen MR) is 64.8 cm³/mol. The Labute approximate surface area is 114 Å². The molecule has 0 bridgehead atoms. The Bertz CT molecular complexity index is 441. The van der Waals surface area contributed by atoms with Gasteiger partial charge in [0.05, 0.1) is 25.4 Å². The third-order valence-electron chi connectivity index (χ3n) is 3.09. The molecule has 110 valence electrons. The van der Waals surface area contributed by atoms with Crippen LogP contribution >= 0.6 is 0 Å². The van der Waals surface area contributed by atoms with E-state index < -0.39 is 6.36 Å². The van der Waals surface area contributed by atoms with Crippen molar-refractivity contribution < 1.29 is 27.4 Å². The summed E-state index contributed by atoms with van der Waals surface area (Å²) in [5, 5.41) is 0. The van der Waals surface area contributed by atoms with Crippen LogP contribution in [0.3, 0.4) is 0 Å². The summed E-state index contributed by atoms with van der Waals surface area (Å²) in [6.07, 6.45) is -4.25. The number of rotatable bonds is 6. The van der Waals surface area contributed by atoms with E-state index in [1.54, 1.807) is 12.1 Å². The van der Waals surface area contributed by atoms with E-state index in [9.17, 15) is 13.2 Å². The fraction of sp³-hybridized carbons (Fsp3) is 0.538. The quantitative estimate of drug-likeness (QED) is 0.752. The maximum atomic E-state index is 12.1. The number of halogens is 3. The molecule has 1 aromatic carbocycles. The molecule has 0 spiro atoms. The molecule has 0 radical (unpaired) electrons. The average molecular weight is 289 g/mol. The molecule has 7 heteroatoms. The summed E-state index contributed by atoms with van der Waals surface area (Å²) in [5.74, 6) is -0.216. The van der Waals surface area contributed by atoms with Crippen LogP contribution in [-0.2, 0) is 9.47 Å². The first-order valence-electron chi connectivity index (χ1n) is 6.33. The van der Waals surface area contributed by atoms with Crippen LogP contribution in [0.4, 0.5) is 18.9 Å². The number of anilines is 1. The van der Waals surface area contributed by atoms with Gasteiger partial charge in [-0.1, -0.05) is 0 Å². The van der Waals surface area contributed by atoms with Crippen LogP contribution in [0.5, 0.6) is 5.75 Å². The highest BCUT2D eigenvalue weighted by molar-refractivity contribution is 5.49. The van der Waals surface area contributed by atoms with E-state index in [0.29, 0.717) is 0 Å². The van der Waals surface area contributed by atoms with Crippen LogP contribution in [0.15, 0.2) is 24.3 Å². The van der Waals surface area contributed by atoms with Gasteiger partial charge >= 0.3 is 6.36 Å². The highest BCUT2D eigenvalue weighted by atomic mass is 19.4. The molecule has 0 N–H and O–H groups in total. The molecule has 0 aromatic heterocycles. The maximum Gasteiger partial charge on any atom is 0.573 e. The van der Waals surface area contributed by atoms with E-state index in [2.05, 4.69) is 9.64 Å². The first kappa shape index (κ1) is 13.5. The summed E-state index contributed by atoms with van der Waals surface area (Å²) in [4.78, 5) is 2.06.